The van der Waals surface area contributed by atoms with Crippen molar-refractivity contribution in [2.45, 2.75) is 12.8 Å². The van der Waals surface area contributed by atoms with Gasteiger partial charge in [-0.3, -0.25) is 14.5 Å². The molecule has 2 aliphatic heterocycles. The molecule has 1 aromatic carbocycles. The molecule has 1 aromatic rings. The Kier molecular flexibility index (Phi) is 5.03. The summed E-state index contributed by atoms with van der Waals surface area (Å²) in [5.41, 5.74) is 0.545. The molecule has 0 bridgehead atoms. The molecule has 2 amide bonds. The van der Waals surface area contributed by atoms with Crippen molar-refractivity contribution in [3.63, 3.8) is 0 Å². The van der Waals surface area contributed by atoms with E-state index in [1.165, 1.54) is 17.7 Å². The fourth-order valence-electron chi connectivity index (χ4n) is 2.91. The van der Waals surface area contributed by atoms with Crippen LogP contribution in [-0.2, 0) is 9.59 Å². The summed E-state index contributed by atoms with van der Waals surface area (Å²) in [6.45, 7) is 3.57. The number of benzene rings is 1. The molecule has 1 N–H and O–H groups in total. The highest BCUT2D eigenvalue weighted by Crippen LogP contribution is 2.34. The lowest BCUT2D eigenvalue weighted by molar-refractivity contribution is -0.125. The molecular formula is C16H20ClN3O3. The second kappa shape index (κ2) is 7.19. The topological polar surface area (TPSA) is 61.9 Å². The molecular weight excluding hydrogens is 318 g/mol. The van der Waals surface area contributed by atoms with Crippen molar-refractivity contribution in [3.8, 4) is 5.75 Å². The molecule has 0 saturated carbocycles. The van der Waals surface area contributed by atoms with Crippen molar-refractivity contribution in [3.05, 3.63) is 23.2 Å². The van der Waals surface area contributed by atoms with Crippen molar-refractivity contribution in [1.29, 1.82) is 0 Å². The number of ether oxygens (including phenoxy) is 1. The maximum absolute atomic E-state index is 12.1. The number of carbonyl (C=O) groups is 2. The monoisotopic (exact) mass is 337 g/mol. The largest absolute Gasteiger partial charge is 0.482 e. The zero-order valence-corrected chi connectivity index (χ0v) is 13.6. The van der Waals surface area contributed by atoms with Gasteiger partial charge in [0.2, 0.25) is 5.91 Å². The smallest absolute Gasteiger partial charge is 0.265 e. The highest BCUT2D eigenvalue weighted by Gasteiger charge is 2.27. The number of amides is 2. The second-order valence-corrected chi connectivity index (χ2v) is 6.22. The van der Waals surface area contributed by atoms with Crippen LogP contribution in [0, 0.1) is 0 Å². The summed E-state index contributed by atoms with van der Waals surface area (Å²) in [4.78, 5) is 27.9. The van der Waals surface area contributed by atoms with E-state index >= 15 is 0 Å². The molecule has 124 valence electrons. The predicted molar refractivity (Wildman–Crippen MR) is 88.0 cm³/mol. The molecule has 0 aromatic heterocycles. The molecule has 23 heavy (non-hydrogen) atoms. The van der Waals surface area contributed by atoms with Crippen molar-refractivity contribution >= 4 is 29.1 Å². The van der Waals surface area contributed by atoms with Gasteiger partial charge in [-0.15, -0.1) is 0 Å². The molecule has 0 unspecified atom stereocenters. The van der Waals surface area contributed by atoms with Crippen LogP contribution in [0.3, 0.4) is 0 Å². The van der Waals surface area contributed by atoms with Gasteiger partial charge in [0.15, 0.2) is 6.61 Å². The molecule has 0 spiro atoms. The minimum atomic E-state index is -0.241. The number of nitrogens with zero attached hydrogens (tertiary/aromatic N) is 2. The summed E-state index contributed by atoms with van der Waals surface area (Å²) in [5.74, 6) is 0.152. The molecule has 0 aliphatic carbocycles. The summed E-state index contributed by atoms with van der Waals surface area (Å²) >= 11 is 5.98. The SMILES string of the molecule is O=C(CN1C(=O)COc2ccc(Cl)cc21)NCCN1CCCC1. The number of halogens is 1. The van der Waals surface area contributed by atoms with E-state index in [4.69, 9.17) is 16.3 Å². The maximum atomic E-state index is 12.1. The van der Waals surface area contributed by atoms with E-state index in [-0.39, 0.29) is 25.0 Å². The van der Waals surface area contributed by atoms with Crippen molar-refractivity contribution in [2.24, 2.45) is 0 Å². The summed E-state index contributed by atoms with van der Waals surface area (Å²) in [6.07, 6.45) is 2.46. The second-order valence-electron chi connectivity index (χ2n) is 5.78. The lowest BCUT2D eigenvalue weighted by atomic mass is 10.2. The lowest BCUT2D eigenvalue weighted by Gasteiger charge is -2.29. The van der Waals surface area contributed by atoms with E-state index < -0.39 is 0 Å². The Hall–Kier alpha value is -1.79. The number of anilines is 1. The summed E-state index contributed by atoms with van der Waals surface area (Å²) < 4.78 is 5.36. The molecule has 1 fully saturated rings. The van der Waals surface area contributed by atoms with Gasteiger partial charge >= 0.3 is 0 Å². The van der Waals surface area contributed by atoms with Gasteiger partial charge < -0.3 is 15.0 Å². The Morgan fingerprint density at radius 1 is 1.30 bits per heavy atom. The predicted octanol–water partition coefficient (Wildman–Crippen LogP) is 1.28. The van der Waals surface area contributed by atoms with Gasteiger partial charge in [0.1, 0.15) is 12.3 Å². The fraction of sp³-hybridized carbons (Fsp3) is 0.500. The van der Waals surface area contributed by atoms with E-state index in [0.717, 1.165) is 19.6 Å². The van der Waals surface area contributed by atoms with Gasteiger partial charge in [0.05, 0.1) is 5.69 Å². The van der Waals surface area contributed by atoms with E-state index in [0.29, 0.717) is 23.0 Å². The van der Waals surface area contributed by atoms with Crippen LogP contribution in [0.4, 0.5) is 5.69 Å². The van der Waals surface area contributed by atoms with Gasteiger partial charge in [-0.2, -0.15) is 0 Å². The van der Waals surface area contributed by atoms with E-state index in [1.807, 2.05) is 0 Å². The number of carbonyl (C=O) groups excluding carboxylic acids is 2. The Bertz CT molecular complexity index is 602. The number of hydrogen-bond acceptors (Lipinski definition) is 4. The zero-order valence-electron chi connectivity index (χ0n) is 12.9. The van der Waals surface area contributed by atoms with Crippen LogP contribution >= 0.6 is 11.6 Å². The molecule has 6 nitrogen and oxygen atoms in total. The fourth-order valence-corrected chi connectivity index (χ4v) is 3.07. The van der Waals surface area contributed by atoms with E-state index in [2.05, 4.69) is 10.2 Å². The highest BCUT2D eigenvalue weighted by atomic mass is 35.5. The molecule has 2 aliphatic rings. The quantitative estimate of drug-likeness (QED) is 0.879. The average molecular weight is 338 g/mol. The van der Waals surface area contributed by atoms with Crippen LogP contribution in [0.2, 0.25) is 5.02 Å². The van der Waals surface area contributed by atoms with Crippen molar-refractivity contribution in [1.82, 2.24) is 10.2 Å². The molecule has 7 heteroatoms. The first-order valence-electron chi connectivity index (χ1n) is 7.85. The molecule has 0 atom stereocenters. The minimum absolute atomic E-state index is 0.0183. The first kappa shape index (κ1) is 16.1. The zero-order chi connectivity index (χ0) is 16.2. The average Bonchev–Trinajstić information content (AvgIpc) is 3.04. The summed E-state index contributed by atoms with van der Waals surface area (Å²) in [5, 5.41) is 3.38. The van der Waals surface area contributed by atoms with Crippen LogP contribution in [0.1, 0.15) is 12.8 Å². The maximum Gasteiger partial charge on any atom is 0.265 e. The van der Waals surface area contributed by atoms with Crippen LogP contribution in [0.5, 0.6) is 5.75 Å². The first-order valence-corrected chi connectivity index (χ1v) is 8.23. The first-order chi connectivity index (χ1) is 11.1. The Morgan fingerprint density at radius 3 is 2.87 bits per heavy atom. The third-order valence-corrected chi connectivity index (χ3v) is 4.35. The van der Waals surface area contributed by atoms with Gasteiger partial charge in [-0.05, 0) is 44.1 Å². The summed E-state index contributed by atoms with van der Waals surface area (Å²) in [7, 11) is 0. The van der Waals surface area contributed by atoms with Crippen LogP contribution < -0.4 is 15.0 Å². The number of hydrogen-bond donors (Lipinski definition) is 1. The number of fused-ring (bicyclic) bond motifs is 1. The van der Waals surface area contributed by atoms with Gasteiger partial charge in [0, 0.05) is 18.1 Å². The standard InChI is InChI=1S/C16H20ClN3O3/c17-12-3-4-14-13(9-12)20(16(22)11-23-14)10-15(21)18-5-8-19-6-1-2-7-19/h3-4,9H,1-2,5-8,10-11H2,(H,18,21). The van der Waals surface area contributed by atoms with Crippen molar-refractivity contribution < 1.29 is 14.3 Å². The Labute approximate surface area is 140 Å². The van der Waals surface area contributed by atoms with Crippen LogP contribution in [0.15, 0.2) is 18.2 Å². The number of likely N-dealkylation sites (tertiary alicyclic amines) is 1. The van der Waals surface area contributed by atoms with E-state index in [9.17, 15) is 9.59 Å². The lowest BCUT2D eigenvalue weighted by Crippen LogP contribution is -2.46. The third kappa shape index (κ3) is 3.95. The van der Waals surface area contributed by atoms with Crippen molar-refractivity contribution in [2.75, 3.05) is 44.2 Å². The molecule has 3 rings (SSSR count). The molecule has 1 saturated heterocycles. The van der Waals surface area contributed by atoms with Crippen LogP contribution in [-0.4, -0.2) is 56.0 Å². The highest BCUT2D eigenvalue weighted by molar-refractivity contribution is 6.31. The molecule has 0 radical (unpaired) electrons. The normalized spacial score (nSPS) is 17.8. The van der Waals surface area contributed by atoms with E-state index in [1.54, 1.807) is 18.2 Å². The minimum Gasteiger partial charge on any atom is -0.482 e. The third-order valence-electron chi connectivity index (χ3n) is 4.11. The van der Waals surface area contributed by atoms with Gasteiger partial charge in [0.25, 0.3) is 5.91 Å². The number of rotatable bonds is 5. The van der Waals surface area contributed by atoms with Crippen LogP contribution in [0.25, 0.3) is 0 Å². The Morgan fingerprint density at radius 2 is 2.09 bits per heavy atom. The van der Waals surface area contributed by atoms with Gasteiger partial charge in [-0.1, -0.05) is 11.6 Å². The summed E-state index contributed by atoms with van der Waals surface area (Å²) in [6, 6.07) is 5.05. The Balaban J connectivity index is 1.57. The number of nitrogens with one attached hydrogen (secondary N) is 1. The van der Waals surface area contributed by atoms with Gasteiger partial charge in [-0.25, -0.2) is 0 Å². The molecule has 2 heterocycles.